The molecule has 0 aliphatic rings. The second-order valence-electron chi connectivity index (χ2n) is 3.35. The largest absolute Gasteiger partial charge is 0.330 e. The fourth-order valence-electron chi connectivity index (χ4n) is 1.52. The molecule has 0 amide bonds. The Kier molecular flexibility index (Phi) is 2.99. The Labute approximate surface area is 88.2 Å². The van der Waals surface area contributed by atoms with Crippen LogP contribution in [0.4, 0.5) is 0 Å². The first-order valence-electron chi connectivity index (χ1n) is 4.91. The van der Waals surface area contributed by atoms with Crippen molar-refractivity contribution >= 4 is 11.3 Å². The summed E-state index contributed by atoms with van der Waals surface area (Å²) in [5.41, 5.74) is 1.37. The number of aryl methyl sites for hydroxylation is 1. The second kappa shape index (κ2) is 4.42. The number of hydrogen-bond acceptors (Lipinski definition) is 2. The molecule has 2 rings (SSSR count). The molecule has 2 heterocycles. The molecule has 0 aliphatic heterocycles. The van der Waals surface area contributed by atoms with Crippen LogP contribution < -0.4 is 0 Å². The average Bonchev–Trinajstić information content (AvgIpc) is 2.80. The SMILES string of the molecule is CCCc1nccn1Cc1ccsc1. The van der Waals surface area contributed by atoms with Gasteiger partial charge in [-0.3, -0.25) is 0 Å². The van der Waals surface area contributed by atoms with Gasteiger partial charge in [0.05, 0.1) is 0 Å². The smallest absolute Gasteiger partial charge is 0.108 e. The van der Waals surface area contributed by atoms with Crippen LogP contribution in [0, 0.1) is 0 Å². The van der Waals surface area contributed by atoms with E-state index in [2.05, 4.69) is 39.5 Å². The van der Waals surface area contributed by atoms with Crippen molar-refractivity contribution in [1.29, 1.82) is 0 Å². The summed E-state index contributed by atoms with van der Waals surface area (Å²) in [5.74, 6) is 1.19. The van der Waals surface area contributed by atoms with Gasteiger partial charge in [-0.15, -0.1) is 0 Å². The number of nitrogens with zero attached hydrogens (tertiary/aromatic N) is 2. The molecule has 0 saturated carbocycles. The molecule has 0 saturated heterocycles. The highest BCUT2D eigenvalue weighted by Crippen LogP contribution is 2.10. The molecule has 14 heavy (non-hydrogen) atoms. The van der Waals surface area contributed by atoms with Gasteiger partial charge in [0, 0.05) is 25.4 Å². The van der Waals surface area contributed by atoms with Gasteiger partial charge in [0.15, 0.2) is 0 Å². The predicted molar refractivity (Wildman–Crippen MR) is 59.6 cm³/mol. The summed E-state index contributed by atoms with van der Waals surface area (Å²) in [6.07, 6.45) is 6.16. The standard InChI is InChI=1S/C11H14N2S/c1-2-3-11-12-5-6-13(11)8-10-4-7-14-9-10/h4-7,9H,2-3,8H2,1H3. The number of thiophene rings is 1. The lowest BCUT2D eigenvalue weighted by molar-refractivity contribution is 0.706. The van der Waals surface area contributed by atoms with Gasteiger partial charge in [-0.05, 0) is 28.8 Å². The molecule has 0 fully saturated rings. The zero-order valence-corrected chi connectivity index (χ0v) is 9.13. The highest BCUT2D eigenvalue weighted by molar-refractivity contribution is 7.07. The molecular weight excluding hydrogens is 192 g/mol. The lowest BCUT2D eigenvalue weighted by atomic mass is 10.3. The van der Waals surface area contributed by atoms with E-state index in [1.54, 1.807) is 11.3 Å². The molecule has 3 heteroatoms. The third-order valence-electron chi connectivity index (χ3n) is 2.21. The summed E-state index contributed by atoms with van der Waals surface area (Å²) in [7, 11) is 0. The quantitative estimate of drug-likeness (QED) is 0.752. The summed E-state index contributed by atoms with van der Waals surface area (Å²) in [6, 6.07) is 2.17. The van der Waals surface area contributed by atoms with Crippen molar-refractivity contribution in [3.8, 4) is 0 Å². The summed E-state index contributed by atoms with van der Waals surface area (Å²) in [4.78, 5) is 4.35. The normalized spacial score (nSPS) is 10.6. The molecule has 2 aromatic heterocycles. The molecule has 0 unspecified atom stereocenters. The van der Waals surface area contributed by atoms with Gasteiger partial charge in [0.2, 0.25) is 0 Å². The van der Waals surface area contributed by atoms with Gasteiger partial charge in [-0.25, -0.2) is 4.98 Å². The first-order chi connectivity index (χ1) is 6.90. The Morgan fingerprint density at radius 1 is 1.50 bits per heavy atom. The van der Waals surface area contributed by atoms with Crippen LogP contribution in [0.2, 0.25) is 0 Å². The van der Waals surface area contributed by atoms with E-state index in [9.17, 15) is 0 Å². The second-order valence-corrected chi connectivity index (χ2v) is 4.13. The molecule has 0 aliphatic carbocycles. The molecule has 0 radical (unpaired) electrons. The van der Waals surface area contributed by atoms with Crippen molar-refractivity contribution in [3.63, 3.8) is 0 Å². The van der Waals surface area contributed by atoms with Crippen molar-refractivity contribution in [2.75, 3.05) is 0 Å². The Balaban J connectivity index is 2.12. The van der Waals surface area contributed by atoms with Gasteiger partial charge in [0.25, 0.3) is 0 Å². The zero-order chi connectivity index (χ0) is 9.80. The maximum atomic E-state index is 4.35. The maximum Gasteiger partial charge on any atom is 0.108 e. The maximum absolute atomic E-state index is 4.35. The number of aromatic nitrogens is 2. The van der Waals surface area contributed by atoms with Crippen LogP contribution in [0.25, 0.3) is 0 Å². The van der Waals surface area contributed by atoms with E-state index >= 15 is 0 Å². The van der Waals surface area contributed by atoms with Crippen molar-refractivity contribution in [2.45, 2.75) is 26.3 Å². The van der Waals surface area contributed by atoms with E-state index in [1.807, 2.05) is 6.20 Å². The van der Waals surface area contributed by atoms with Gasteiger partial charge >= 0.3 is 0 Å². The third-order valence-corrected chi connectivity index (χ3v) is 2.94. The van der Waals surface area contributed by atoms with Crippen molar-refractivity contribution < 1.29 is 0 Å². The molecule has 0 N–H and O–H groups in total. The zero-order valence-electron chi connectivity index (χ0n) is 8.31. The summed E-state index contributed by atoms with van der Waals surface area (Å²) < 4.78 is 2.23. The van der Waals surface area contributed by atoms with Crippen LogP contribution in [0.1, 0.15) is 24.7 Å². The molecule has 2 nitrogen and oxygen atoms in total. The molecule has 74 valence electrons. The van der Waals surface area contributed by atoms with Crippen LogP contribution in [0.3, 0.4) is 0 Å². The summed E-state index contributed by atoms with van der Waals surface area (Å²) in [6.45, 7) is 3.14. The first kappa shape index (κ1) is 9.46. The molecule has 0 atom stereocenters. The first-order valence-corrected chi connectivity index (χ1v) is 5.85. The van der Waals surface area contributed by atoms with E-state index in [1.165, 1.54) is 11.4 Å². The number of hydrogen-bond donors (Lipinski definition) is 0. The highest BCUT2D eigenvalue weighted by Gasteiger charge is 2.02. The lowest BCUT2D eigenvalue weighted by Crippen LogP contribution is -2.03. The molecule has 0 bridgehead atoms. The monoisotopic (exact) mass is 206 g/mol. The van der Waals surface area contributed by atoms with Crippen molar-refractivity contribution in [1.82, 2.24) is 9.55 Å². The van der Waals surface area contributed by atoms with Gasteiger partial charge in [-0.1, -0.05) is 6.92 Å². The van der Waals surface area contributed by atoms with Crippen LogP contribution in [-0.4, -0.2) is 9.55 Å². The van der Waals surface area contributed by atoms with E-state index in [4.69, 9.17) is 0 Å². The number of imidazole rings is 1. The van der Waals surface area contributed by atoms with E-state index in [0.717, 1.165) is 19.4 Å². The topological polar surface area (TPSA) is 17.8 Å². The predicted octanol–water partition coefficient (Wildman–Crippen LogP) is 2.95. The van der Waals surface area contributed by atoms with Crippen LogP contribution >= 0.6 is 11.3 Å². The average molecular weight is 206 g/mol. The Hall–Kier alpha value is -1.09. The minimum Gasteiger partial charge on any atom is -0.330 e. The van der Waals surface area contributed by atoms with Crippen molar-refractivity contribution in [2.24, 2.45) is 0 Å². The van der Waals surface area contributed by atoms with Crippen molar-refractivity contribution in [3.05, 3.63) is 40.6 Å². The fraction of sp³-hybridized carbons (Fsp3) is 0.364. The van der Waals surface area contributed by atoms with E-state index in [-0.39, 0.29) is 0 Å². The van der Waals surface area contributed by atoms with Gasteiger partial charge < -0.3 is 4.57 Å². The van der Waals surface area contributed by atoms with Gasteiger partial charge in [0.1, 0.15) is 5.82 Å². The summed E-state index contributed by atoms with van der Waals surface area (Å²) >= 11 is 1.75. The Bertz CT molecular complexity index is 376. The van der Waals surface area contributed by atoms with Crippen LogP contribution in [-0.2, 0) is 13.0 Å². The molecule has 0 aromatic carbocycles. The molecule has 0 spiro atoms. The summed E-state index contributed by atoms with van der Waals surface area (Å²) in [5, 5.41) is 4.31. The minimum atomic E-state index is 0.957. The third kappa shape index (κ3) is 2.04. The molecular formula is C11H14N2S. The van der Waals surface area contributed by atoms with Gasteiger partial charge in [-0.2, -0.15) is 11.3 Å². The fourth-order valence-corrected chi connectivity index (χ4v) is 2.17. The van der Waals surface area contributed by atoms with Crippen LogP contribution in [0.5, 0.6) is 0 Å². The number of rotatable bonds is 4. The lowest BCUT2D eigenvalue weighted by Gasteiger charge is -2.04. The molecule has 2 aromatic rings. The minimum absolute atomic E-state index is 0.957. The van der Waals surface area contributed by atoms with E-state index in [0.29, 0.717) is 0 Å². The van der Waals surface area contributed by atoms with E-state index < -0.39 is 0 Å². The Morgan fingerprint density at radius 3 is 3.14 bits per heavy atom. The highest BCUT2D eigenvalue weighted by atomic mass is 32.1. The Morgan fingerprint density at radius 2 is 2.43 bits per heavy atom. The van der Waals surface area contributed by atoms with Crippen LogP contribution in [0.15, 0.2) is 29.2 Å².